The zero-order valence-corrected chi connectivity index (χ0v) is 7.09. The Morgan fingerprint density at radius 3 is 2.27 bits per heavy atom. The number of hydrogen-bond donors (Lipinski definition) is 0. The summed E-state index contributed by atoms with van der Waals surface area (Å²) < 4.78 is 0. The molecule has 1 unspecified atom stereocenters. The molecule has 0 heterocycles. The predicted molar refractivity (Wildman–Crippen MR) is 47.4 cm³/mol. The Balaban J connectivity index is 2.66. The van der Waals surface area contributed by atoms with Gasteiger partial charge in [-0.2, -0.15) is 0 Å². The highest BCUT2D eigenvalue weighted by molar-refractivity contribution is 5.21. The Morgan fingerprint density at radius 1 is 1.27 bits per heavy atom. The lowest BCUT2D eigenvalue weighted by atomic mass is 10.1. The normalized spacial score (nSPS) is 13.0. The maximum absolute atomic E-state index is 7.37. The molecule has 0 spiro atoms. The molecule has 0 aliphatic carbocycles. The van der Waals surface area contributed by atoms with Gasteiger partial charge in [0.25, 0.3) is 0 Å². The van der Waals surface area contributed by atoms with Crippen LogP contribution in [0.3, 0.4) is 0 Å². The summed E-state index contributed by atoms with van der Waals surface area (Å²) in [6.45, 7) is 3.99. The van der Waals surface area contributed by atoms with Gasteiger partial charge in [-0.15, -0.1) is 0 Å². The van der Waals surface area contributed by atoms with Crippen LogP contribution in [0.25, 0.3) is 0 Å². The molecule has 0 bridgehead atoms. The van der Waals surface area contributed by atoms with Crippen LogP contribution in [0.4, 0.5) is 0 Å². The second-order valence-electron chi connectivity index (χ2n) is 3.09. The van der Waals surface area contributed by atoms with E-state index in [1.54, 1.807) is 0 Å². The summed E-state index contributed by atoms with van der Waals surface area (Å²) >= 11 is 0. The van der Waals surface area contributed by atoms with Crippen molar-refractivity contribution in [3.05, 3.63) is 35.4 Å². The van der Waals surface area contributed by atoms with Crippen LogP contribution in [-0.4, -0.2) is 6.04 Å². The summed E-state index contributed by atoms with van der Waals surface area (Å²) in [7, 11) is 0. The Morgan fingerprint density at radius 2 is 1.82 bits per heavy atom. The Kier molecular flexibility index (Phi) is 2.66. The molecule has 0 saturated carbocycles. The molecular weight excluding hydrogens is 134 g/mol. The molecule has 0 amide bonds. The molecule has 1 aromatic rings. The van der Waals surface area contributed by atoms with E-state index in [0.29, 0.717) is 0 Å². The van der Waals surface area contributed by atoms with E-state index in [0.717, 1.165) is 6.42 Å². The summed E-state index contributed by atoms with van der Waals surface area (Å²) in [5.74, 6) is 0. The monoisotopic (exact) mass is 148 g/mol. The summed E-state index contributed by atoms with van der Waals surface area (Å²) in [5, 5.41) is 0. The molecule has 0 fully saturated rings. The molecule has 1 aromatic carbocycles. The second kappa shape index (κ2) is 3.54. The number of benzene rings is 1. The third-order valence-corrected chi connectivity index (χ3v) is 1.66. The standard InChI is InChI=1S/C10H14N/c1-8-3-5-10(6-4-8)7-9(2)11/h3-6,9,11H,7H2,1-2H3. The smallest absolute Gasteiger partial charge is 0.0225 e. The van der Waals surface area contributed by atoms with Gasteiger partial charge in [-0.3, -0.25) is 5.73 Å². The Hall–Kier alpha value is -0.820. The second-order valence-corrected chi connectivity index (χ2v) is 3.09. The van der Waals surface area contributed by atoms with Crippen molar-refractivity contribution in [3.8, 4) is 0 Å². The molecule has 0 aromatic heterocycles. The van der Waals surface area contributed by atoms with Crippen LogP contribution < -0.4 is 5.73 Å². The van der Waals surface area contributed by atoms with Gasteiger partial charge >= 0.3 is 0 Å². The molecule has 11 heavy (non-hydrogen) atoms. The minimum Gasteiger partial charge on any atom is -0.254 e. The molecule has 0 aliphatic rings. The maximum atomic E-state index is 7.37. The van der Waals surface area contributed by atoms with Crippen LogP contribution in [0.15, 0.2) is 24.3 Å². The van der Waals surface area contributed by atoms with Crippen LogP contribution in [0.2, 0.25) is 0 Å². The number of nitrogens with one attached hydrogen (secondary N) is 1. The van der Waals surface area contributed by atoms with Crippen molar-refractivity contribution < 1.29 is 0 Å². The largest absolute Gasteiger partial charge is 0.254 e. The fraction of sp³-hybridized carbons (Fsp3) is 0.400. The highest BCUT2D eigenvalue weighted by atomic mass is 14.6. The number of rotatable bonds is 2. The van der Waals surface area contributed by atoms with Crippen molar-refractivity contribution in [2.75, 3.05) is 0 Å². The molecule has 1 nitrogen and oxygen atoms in total. The van der Waals surface area contributed by atoms with E-state index in [9.17, 15) is 0 Å². The predicted octanol–water partition coefficient (Wildman–Crippen LogP) is 2.21. The minimum absolute atomic E-state index is 0.0118. The first-order chi connectivity index (χ1) is 5.18. The van der Waals surface area contributed by atoms with Gasteiger partial charge in [0.15, 0.2) is 0 Å². The van der Waals surface area contributed by atoms with E-state index >= 15 is 0 Å². The van der Waals surface area contributed by atoms with Crippen molar-refractivity contribution in [2.24, 2.45) is 0 Å². The van der Waals surface area contributed by atoms with E-state index in [1.807, 2.05) is 6.92 Å². The van der Waals surface area contributed by atoms with Crippen LogP contribution >= 0.6 is 0 Å². The van der Waals surface area contributed by atoms with E-state index in [-0.39, 0.29) is 6.04 Å². The van der Waals surface area contributed by atoms with Crippen LogP contribution in [0.1, 0.15) is 18.1 Å². The zero-order valence-electron chi connectivity index (χ0n) is 7.09. The lowest BCUT2D eigenvalue weighted by Crippen LogP contribution is -2.06. The van der Waals surface area contributed by atoms with Crippen molar-refractivity contribution in [2.45, 2.75) is 26.3 Å². The summed E-state index contributed by atoms with van der Waals surface area (Å²) in [6.07, 6.45) is 0.861. The fourth-order valence-corrected chi connectivity index (χ4v) is 1.08. The lowest BCUT2D eigenvalue weighted by molar-refractivity contribution is 0.714. The van der Waals surface area contributed by atoms with E-state index < -0.39 is 0 Å². The topological polar surface area (TPSA) is 23.8 Å². The molecule has 59 valence electrons. The van der Waals surface area contributed by atoms with Crippen LogP contribution in [-0.2, 0) is 6.42 Å². The first kappa shape index (κ1) is 8.28. The van der Waals surface area contributed by atoms with Crippen molar-refractivity contribution in [3.63, 3.8) is 0 Å². The highest BCUT2D eigenvalue weighted by Crippen LogP contribution is 2.05. The molecule has 0 saturated heterocycles. The van der Waals surface area contributed by atoms with Crippen molar-refractivity contribution in [1.29, 1.82) is 0 Å². The molecule has 1 atom stereocenters. The number of hydrogen-bond acceptors (Lipinski definition) is 0. The SMILES string of the molecule is Cc1ccc(CC(C)[NH])cc1. The quantitative estimate of drug-likeness (QED) is 0.614. The van der Waals surface area contributed by atoms with Crippen LogP contribution in [0, 0.1) is 6.92 Å². The first-order valence-electron chi connectivity index (χ1n) is 3.95. The molecule has 1 N–H and O–H groups in total. The van der Waals surface area contributed by atoms with E-state index in [4.69, 9.17) is 5.73 Å². The maximum Gasteiger partial charge on any atom is 0.0225 e. The molecule has 1 rings (SSSR count). The average Bonchev–Trinajstić information content (AvgIpc) is 1.93. The van der Waals surface area contributed by atoms with Gasteiger partial charge < -0.3 is 0 Å². The Labute approximate surface area is 68.2 Å². The van der Waals surface area contributed by atoms with Gasteiger partial charge in [0.2, 0.25) is 0 Å². The summed E-state index contributed by atoms with van der Waals surface area (Å²) in [6, 6.07) is 8.40. The zero-order chi connectivity index (χ0) is 8.27. The van der Waals surface area contributed by atoms with E-state index in [1.165, 1.54) is 11.1 Å². The molecule has 0 aliphatic heterocycles. The van der Waals surface area contributed by atoms with Crippen LogP contribution in [0.5, 0.6) is 0 Å². The van der Waals surface area contributed by atoms with Gasteiger partial charge in [-0.1, -0.05) is 29.8 Å². The summed E-state index contributed by atoms with van der Waals surface area (Å²) in [4.78, 5) is 0. The number of aryl methyl sites for hydroxylation is 1. The van der Waals surface area contributed by atoms with Gasteiger partial charge in [0, 0.05) is 6.04 Å². The van der Waals surface area contributed by atoms with Gasteiger partial charge in [-0.05, 0) is 25.8 Å². The molecule has 1 radical (unpaired) electrons. The fourth-order valence-electron chi connectivity index (χ4n) is 1.08. The lowest BCUT2D eigenvalue weighted by Gasteiger charge is -2.03. The summed E-state index contributed by atoms with van der Waals surface area (Å²) in [5.41, 5.74) is 9.91. The minimum atomic E-state index is 0.0118. The van der Waals surface area contributed by atoms with Gasteiger partial charge in [-0.25, -0.2) is 0 Å². The van der Waals surface area contributed by atoms with Gasteiger partial charge in [0.1, 0.15) is 0 Å². The first-order valence-corrected chi connectivity index (χ1v) is 3.95. The van der Waals surface area contributed by atoms with E-state index in [2.05, 4.69) is 31.2 Å². The highest BCUT2D eigenvalue weighted by Gasteiger charge is 1.96. The molecule has 1 heteroatoms. The third kappa shape index (κ3) is 2.72. The van der Waals surface area contributed by atoms with Crippen molar-refractivity contribution in [1.82, 2.24) is 5.73 Å². The van der Waals surface area contributed by atoms with Gasteiger partial charge in [0.05, 0.1) is 0 Å². The van der Waals surface area contributed by atoms with Crippen molar-refractivity contribution >= 4 is 0 Å². The Bertz CT molecular complexity index is 211. The molecular formula is C10H14N. The third-order valence-electron chi connectivity index (χ3n) is 1.66. The average molecular weight is 148 g/mol.